The van der Waals surface area contributed by atoms with E-state index in [9.17, 15) is 14.0 Å². The highest BCUT2D eigenvalue weighted by Gasteiger charge is 2.42. The first-order valence-electron chi connectivity index (χ1n) is 10.1. The Labute approximate surface area is 170 Å². The standard InChI is InChI=1S/C24H25FN2O2/c1-16-5-10-20(17(2)15-16)21-22(26-12-3-4-13-26)24(29)27(23(21)28)14-11-18-6-8-19(25)9-7-18/h5-10,15H,3-4,11-14H2,1-2H3. The number of hydrogen-bond acceptors (Lipinski definition) is 3. The number of rotatable bonds is 5. The summed E-state index contributed by atoms with van der Waals surface area (Å²) in [5.41, 5.74) is 4.92. The summed E-state index contributed by atoms with van der Waals surface area (Å²) in [5, 5.41) is 0. The van der Waals surface area contributed by atoms with E-state index in [1.807, 2.05) is 32.0 Å². The summed E-state index contributed by atoms with van der Waals surface area (Å²) in [7, 11) is 0. The first-order chi connectivity index (χ1) is 14.0. The highest BCUT2D eigenvalue weighted by molar-refractivity contribution is 6.35. The molecule has 0 radical (unpaired) electrons. The van der Waals surface area contributed by atoms with Crippen LogP contribution < -0.4 is 0 Å². The molecule has 4 rings (SSSR count). The fraction of sp³-hybridized carbons (Fsp3) is 0.333. The van der Waals surface area contributed by atoms with Gasteiger partial charge in [-0.05, 0) is 61.9 Å². The van der Waals surface area contributed by atoms with Crippen molar-refractivity contribution in [2.45, 2.75) is 33.1 Å². The van der Waals surface area contributed by atoms with E-state index < -0.39 is 0 Å². The van der Waals surface area contributed by atoms with Gasteiger partial charge in [0.1, 0.15) is 11.5 Å². The molecule has 2 heterocycles. The third-order valence-electron chi connectivity index (χ3n) is 5.75. The minimum absolute atomic E-state index is 0.214. The molecule has 0 N–H and O–H groups in total. The van der Waals surface area contributed by atoms with Gasteiger partial charge in [0.2, 0.25) is 0 Å². The zero-order valence-electron chi connectivity index (χ0n) is 16.9. The molecule has 0 atom stereocenters. The number of amides is 2. The Morgan fingerprint density at radius 1 is 0.931 bits per heavy atom. The minimum Gasteiger partial charge on any atom is -0.366 e. The van der Waals surface area contributed by atoms with E-state index in [0.717, 1.165) is 48.2 Å². The molecule has 0 aromatic heterocycles. The Morgan fingerprint density at radius 3 is 2.28 bits per heavy atom. The smallest absolute Gasteiger partial charge is 0.277 e. The highest BCUT2D eigenvalue weighted by Crippen LogP contribution is 2.35. The first kappa shape index (κ1) is 19.4. The van der Waals surface area contributed by atoms with Crippen molar-refractivity contribution in [1.29, 1.82) is 0 Å². The van der Waals surface area contributed by atoms with Crippen LogP contribution in [0.4, 0.5) is 4.39 Å². The molecule has 2 amide bonds. The third-order valence-corrected chi connectivity index (χ3v) is 5.75. The van der Waals surface area contributed by atoms with Crippen LogP contribution in [-0.4, -0.2) is 41.2 Å². The maximum absolute atomic E-state index is 13.4. The third kappa shape index (κ3) is 3.69. The van der Waals surface area contributed by atoms with Crippen molar-refractivity contribution in [2.75, 3.05) is 19.6 Å². The van der Waals surface area contributed by atoms with Crippen LogP contribution in [-0.2, 0) is 16.0 Å². The molecule has 1 fully saturated rings. The molecule has 150 valence electrons. The van der Waals surface area contributed by atoms with Crippen LogP contribution >= 0.6 is 0 Å². The van der Waals surface area contributed by atoms with Crippen LogP contribution in [0.25, 0.3) is 5.57 Å². The van der Waals surface area contributed by atoms with Crippen molar-refractivity contribution in [3.63, 3.8) is 0 Å². The van der Waals surface area contributed by atoms with Gasteiger partial charge >= 0.3 is 0 Å². The monoisotopic (exact) mass is 392 g/mol. The molecule has 2 aliphatic heterocycles. The molecule has 4 nitrogen and oxygen atoms in total. The minimum atomic E-state index is -0.294. The van der Waals surface area contributed by atoms with E-state index in [1.54, 1.807) is 12.1 Å². The molecule has 0 spiro atoms. The SMILES string of the molecule is Cc1ccc(C2=C(N3CCCC3)C(=O)N(CCc3ccc(F)cc3)C2=O)c(C)c1. The van der Waals surface area contributed by atoms with Gasteiger partial charge in [-0.2, -0.15) is 0 Å². The molecular weight excluding hydrogens is 367 g/mol. The normalized spacial score (nSPS) is 17.1. The quantitative estimate of drug-likeness (QED) is 0.726. The Kier molecular flexibility index (Phi) is 5.22. The molecule has 2 aliphatic rings. The molecule has 0 bridgehead atoms. The van der Waals surface area contributed by atoms with Crippen molar-refractivity contribution in [2.24, 2.45) is 0 Å². The second kappa shape index (κ2) is 7.82. The van der Waals surface area contributed by atoms with Crippen molar-refractivity contribution >= 4 is 17.4 Å². The van der Waals surface area contributed by atoms with E-state index in [0.29, 0.717) is 17.7 Å². The lowest BCUT2D eigenvalue weighted by molar-refractivity contribution is -0.137. The molecule has 29 heavy (non-hydrogen) atoms. The van der Waals surface area contributed by atoms with E-state index >= 15 is 0 Å². The van der Waals surface area contributed by atoms with Gasteiger partial charge in [-0.25, -0.2) is 4.39 Å². The van der Waals surface area contributed by atoms with Gasteiger partial charge in [-0.15, -0.1) is 0 Å². The van der Waals surface area contributed by atoms with Gasteiger partial charge in [0.25, 0.3) is 11.8 Å². The summed E-state index contributed by atoms with van der Waals surface area (Å²) in [6.07, 6.45) is 2.56. The second-order valence-electron chi connectivity index (χ2n) is 7.87. The lowest BCUT2D eigenvalue weighted by Crippen LogP contribution is -2.36. The lowest BCUT2D eigenvalue weighted by atomic mass is 9.97. The Morgan fingerprint density at radius 2 is 1.62 bits per heavy atom. The summed E-state index contributed by atoms with van der Waals surface area (Å²) in [6.45, 7) is 5.89. The highest BCUT2D eigenvalue weighted by atomic mass is 19.1. The van der Waals surface area contributed by atoms with Gasteiger partial charge < -0.3 is 4.90 Å². The van der Waals surface area contributed by atoms with Crippen LogP contribution in [0, 0.1) is 19.7 Å². The van der Waals surface area contributed by atoms with Crippen LogP contribution in [0.1, 0.15) is 35.1 Å². The molecule has 0 unspecified atom stereocenters. The predicted octanol–water partition coefficient (Wildman–Crippen LogP) is 3.86. The zero-order chi connectivity index (χ0) is 20.5. The van der Waals surface area contributed by atoms with Gasteiger partial charge in [-0.1, -0.05) is 35.9 Å². The maximum atomic E-state index is 13.4. The molecule has 5 heteroatoms. The van der Waals surface area contributed by atoms with Crippen molar-refractivity contribution in [3.05, 3.63) is 76.2 Å². The molecule has 2 aromatic carbocycles. The van der Waals surface area contributed by atoms with Gasteiger partial charge in [-0.3, -0.25) is 14.5 Å². The van der Waals surface area contributed by atoms with E-state index in [2.05, 4.69) is 4.90 Å². The Bertz CT molecular complexity index is 988. The van der Waals surface area contributed by atoms with Crippen LogP contribution in [0.5, 0.6) is 0 Å². The van der Waals surface area contributed by atoms with E-state index in [1.165, 1.54) is 17.0 Å². The number of halogens is 1. The topological polar surface area (TPSA) is 40.6 Å². The largest absolute Gasteiger partial charge is 0.366 e. The van der Waals surface area contributed by atoms with Crippen LogP contribution in [0.3, 0.4) is 0 Å². The molecule has 1 saturated heterocycles. The Balaban J connectivity index is 1.66. The molecule has 2 aromatic rings. The number of aryl methyl sites for hydroxylation is 2. The van der Waals surface area contributed by atoms with E-state index in [4.69, 9.17) is 0 Å². The van der Waals surface area contributed by atoms with Gasteiger partial charge in [0, 0.05) is 19.6 Å². The summed E-state index contributed by atoms with van der Waals surface area (Å²) in [6, 6.07) is 12.2. The second-order valence-corrected chi connectivity index (χ2v) is 7.87. The van der Waals surface area contributed by atoms with Gasteiger partial charge in [0.15, 0.2) is 0 Å². The summed E-state index contributed by atoms with van der Waals surface area (Å²) >= 11 is 0. The average molecular weight is 392 g/mol. The molecule has 0 saturated carbocycles. The van der Waals surface area contributed by atoms with Crippen LogP contribution in [0.2, 0.25) is 0 Å². The fourth-order valence-corrected chi connectivity index (χ4v) is 4.23. The molecular formula is C24H25FN2O2. The number of carbonyl (C=O) groups is 2. The first-order valence-corrected chi connectivity index (χ1v) is 10.1. The zero-order valence-corrected chi connectivity index (χ0v) is 16.9. The van der Waals surface area contributed by atoms with Crippen molar-refractivity contribution in [1.82, 2.24) is 9.80 Å². The maximum Gasteiger partial charge on any atom is 0.277 e. The predicted molar refractivity (Wildman–Crippen MR) is 110 cm³/mol. The lowest BCUT2D eigenvalue weighted by Gasteiger charge is -2.20. The number of benzene rings is 2. The number of nitrogens with zero attached hydrogens (tertiary/aromatic N) is 2. The Hall–Kier alpha value is -2.95. The summed E-state index contributed by atoms with van der Waals surface area (Å²) in [4.78, 5) is 30.1. The number of likely N-dealkylation sites (tertiary alicyclic amines) is 1. The van der Waals surface area contributed by atoms with Gasteiger partial charge in [0.05, 0.1) is 5.57 Å². The van der Waals surface area contributed by atoms with Crippen molar-refractivity contribution < 1.29 is 14.0 Å². The number of imide groups is 1. The summed E-state index contributed by atoms with van der Waals surface area (Å²) in [5.74, 6) is -0.739. The summed E-state index contributed by atoms with van der Waals surface area (Å²) < 4.78 is 13.2. The average Bonchev–Trinajstić information content (AvgIpc) is 3.29. The van der Waals surface area contributed by atoms with Crippen molar-refractivity contribution in [3.8, 4) is 0 Å². The van der Waals surface area contributed by atoms with E-state index in [-0.39, 0.29) is 24.2 Å². The van der Waals surface area contributed by atoms with Crippen LogP contribution in [0.15, 0.2) is 48.2 Å². The number of carbonyl (C=O) groups excluding carboxylic acids is 2. The molecule has 0 aliphatic carbocycles. The fourth-order valence-electron chi connectivity index (χ4n) is 4.23. The number of hydrogen-bond donors (Lipinski definition) is 0.